The van der Waals surface area contributed by atoms with Crippen molar-refractivity contribution in [3.8, 4) is 11.4 Å². The lowest BCUT2D eigenvalue weighted by molar-refractivity contribution is 0.367. The van der Waals surface area contributed by atoms with Crippen LogP contribution in [0, 0.1) is 17.6 Å². The summed E-state index contributed by atoms with van der Waals surface area (Å²) >= 11 is 3.00. The average Bonchev–Trinajstić information content (AvgIpc) is 3.14. The van der Waals surface area contributed by atoms with Crippen LogP contribution in [-0.2, 0) is 6.54 Å². The molecule has 1 saturated carbocycles. The molecule has 0 aliphatic heterocycles. The first-order valence-electron chi connectivity index (χ1n) is 6.32. The number of halogens is 3. The molecular formula is C13H12BrF2N3O. The number of hydrogen-bond donors (Lipinski definition) is 1. The van der Waals surface area contributed by atoms with E-state index < -0.39 is 11.6 Å². The quantitative estimate of drug-likeness (QED) is 0.846. The predicted molar refractivity (Wildman–Crippen MR) is 71.8 cm³/mol. The van der Waals surface area contributed by atoms with Gasteiger partial charge in [0.15, 0.2) is 11.6 Å². The van der Waals surface area contributed by atoms with Crippen LogP contribution in [0.1, 0.15) is 18.7 Å². The molecule has 3 rings (SSSR count). The molecule has 106 valence electrons. The van der Waals surface area contributed by atoms with Crippen molar-refractivity contribution in [1.29, 1.82) is 0 Å². The average molecular weight is 344 g/mol. The molecule has 1 N–H and O–H groups in total. The van der Waals surface area contributed by atoms with Crippen LogP contribution in [0.25, 0.3) is 11.4 Å². The SMILES string of the molecule is Fc1ccc(-c2noc(CNCC3CC3)n2)c(Br)c1F. The predicted octanol–water partition coefficient (Wildman–Crippen LogP) is 3.28. The van der Waals surface area contributed by atoms with Crippen LogP contribution in [0.15, 0.2) is 21.1 Å². The van der Waals surface area contributed by atoms with Gasteiger partial charge >= 0.3 is 0 Å². The van der Waals surface area contributed by atoms with Crippen molar-refractivity contribution < 1.29 is 13.3 Å². The smallest absolute Gasteiger partial charge is 0.240 e. The van der Waals surface area contributed by atoms with Gasteiger partial charge in [0.1, 0.15) is 0 Å². The maximum absolute atomic E-state index is 13.5. The fourth-order valence-electron chi connectivity index (χ4n) is 1.84. The number of benzene rings is 1. The zero-order valence-electron chi connectivity index (χ0n) is 10.5. The second kappa shape index (κ2) is 5.57. The van der Waals surface area contributed by atoms with Gasteiger partial charge in [0.2, 0.25) is 11.7 Å². The van der Waals surface area contributed by atoms with Crippen LogP contribution in [0.3, 0.4) is 0 Å². The van der Waals surface area contributed by atoms with E-state index in [1.54, 1.807) is 0 Å². The molecular weight excluding hydrogens is 332 g/mol. The number of nitrogens with zero attached hydrogens (tertiary/aromatic N) is 2. The van der Waals surface area contributed by atoms with Gasteiger partial charge in [0, 0.05) is 5.56 Å². The number of hydrogen-bond acceptors (Lipinski definition) is 4. The Kier molecular flexibility index (Phi) is 3.80. The van der Waals surface area contributed by atoms with Gasteiger partial charge in [0.05, 0.1) is 11.0 Å². The first-order chi connectivity index (χ1) is 9.65. The monoisotopic (exact) mass is 343 g/mol. The Morgan fingerprint density at radius 3 is 2.90 bits per heavy atom. The van der Waals surface area contributed by atoms with Gasteiger partial charge in [-0.3, -0.25) is 0 Å². The molecule has 0 spiro atoms. The van der Waals surface area contributed by atoms with Crippen LogP contribution in [0.2, 0.25) is 0 Å². The van der Waals surface area contributed by atoms with Crippen molar-refractivity contribution in [2.45, 2.75) is 19.4 Å². The maximum Gasteiger partial charge on any atom is 0.240 e. The van der Waals surface area contributed by atoms with Crippen LogP contribution in [-0.4, -0.2) is 16.7 Å². The van der Waals surface area contributed by atoms with Crippen molar-refractivity contribution in [2.24, 2.45) is 5.92 Å². The third-order valence-corrected chi connectivity index (χ3v) is 3.93. The summed E-state index contributed by atoms with van der Waals surface area (Å²) in [7, 11) is 0. The molecule has 0 radical (unpaired) electrons. The van der Waals surface area contributed by atoms with Crippen molar-refractivity contribution >= 4 is 15.9 Å². The second-order valence-corrected chi connectivity index (χ2v) is 5.60. The van der Waals surface area contributed by atoms with Gasteiger partial charge in [0.25, 0.3) is 0 Å². The molecule has 2 aromatic rings. The zero-order chi connectivity index (χ0) is 14.1. The van der Waals surface area contributed by atoms with E-state index in [2.05, 4.69) is 31.4 Å². The van der Waals surface area contributed by atoms with E-state index in [9.17, 15) is 8.78 Å². The summed E-state index contributed by atoms with van der Waals surface area (Å²) in [5.41, 5.74) is 0.362. The molecule has 1 heterocycles. The normalized spacial score (nSPS) is 14.8. The Bertz CT molecular complexity index is 628. The van der Waals surface area contributed by atoms with Crippen molar-refractivity contribution in [3.05, 3.63) is 34.1 Å². The van der Waals surface area contributed by atoms with Gasteiger partial charge < -0.3 is 9.84 Å². The summed E-state index contributed by atoms with van der Waals surface area (Å²) in [6.07, 6.45) is 2.54. The summed E-state index contributed by atoms with van der Waals surface area (Å²) in [6.45, 7) is 1.41. The van der Waals surface area contributed by atoms with Gasteiger partial charge in [-0.15, -0.1) is 0 Å². The molecule has 7 heteroatoms. The van der Waals surface area contributed by atoms with Gasteiger partial charge in [-0.2, -0.15) is 4.98 Å². The van der Waals surface area contributed by atoms with Gasteiger partial charge in [-0.25, -0.2) is 8.78 Å². The summed E-state index contributed by atoms with van der Waals surface area (Å²) in [5.74, 6) is -0.454. The highest BCUT2D eigenvalue weighted by Gasteiger charge is 2.21. The minimum atomic E-state index is -0.958. The number of nitrogens with one attached hydrogen (secondary N) is 1. The van der Waals surface area contributed by atoms with E-state index in [1.165, 1.54) is 18.9 Å². The Balaban J connectivity index is 1.73. The maximum atomic E-state index is 13.5. The Hall–Kier alpha value is -1.34. The third-order valence-electron chi connectivity index (χ3n) is 3.15. The van der Waals surface area contributed by atoms with E-state index in [-0.39, 0.29) is 10.3 Å². The van der Waals surface area contributed by atoms with Crippen LogP contribution in [0.4, 0.5) is 8.78 Å². The highest BCUT2D eigenvalue weighted by atomic mass is 79.9. The molecule has 0 amide bonds. The standard InChI is InChI=1S/C13H12BrF2N3O/c14-11-8(3-4-9(15)12(11)16)13-18-10(20-19-13)6-17-5-7-1-2-7/h3-4,7,17H,1-2,5-6H2. The molecule has 1 aromatic heterocycles. The zero-order valence-corrected chi connectivity index (χ0v) is 12.1. The fourth-order valence-corrected chi connectivity index (χ4v) is 2.34. The first kappa shape index (κ1) is 13.6. The highest BCUT2D eigenvalue weighted by molar-refractivity contribution is 9.10. The molecule has 0 unspecified atom stereocenters. The summed E-state index contributed by atoms with van der Waals surface area (Å²) in [6, 6.07) is 2.45. The highest BCUT2D eigenvalue weighted by Crippen LogP contribution is 2.30. The number of aromatic nitrogens is 2. The Morgan fingerprint density at radius 2 is 2.15 bits per heavy atom. The summed E-state index contributed by atoms with van der Waals surface area (Å²) < 4.78 is 31.6. The Labute approximate surface area is 122 Å². The fraction of sp³-hybridized carbons (Fsp3) is 0.385. The lowest BCUT2D eigenvalue weighted by atomic mass is 10.2. The molecule has 1 aliphatic rings. The van der Waals surface area contributed by atoms with E-state index >= 15 is 0 Å². The molecule has 1 fully saturated rings. The minimum absolute atomic E-state index is 0.00390. The van der Waals surface area contributed by atoms with Crippen molar-refractivity contribution in [1.82, 2.24) is 15.5 Å². The van der Waals surface area contributed by atoms with Crippen LogP contribution in [0.5, 0.6) is 0 Å². The first-order valence-corrected chi connectivity index (χ1v) is 7.11. The third kappa shape index (κ3) is 2.88. The van der Waals surface area contributed by atoms with Crippen LogP contribution < -0.4 is 5.32 Å². The Morgan fingerprint density at radius 1 is 1.35 bits per heavy atom. The van der Waals surface area contributed by atoms with E-state index in [1.807, 2.05) is 0 Å². The van der Waals surface area contributed by atoms with Crippen molar-refractivity contribution in [3.63, 3.8) is 0 Å². The lowest BCUT2D eigenvalue weighted by Gasteiger charge is -2.01. The van der Waals surface area contributed by atoms with Crippen LogP contribution >= 0.6 is 15.9 Å². The topological polar surface area (TPSA) is 51.0 Å². The van der Waals surface area contributed by atoms with E-state index in [0.29, 0.717) is 18.0 Å². The molecule has 0 atom stereocenters. The molecule has 1 aromatic carbocycles. The minimum Gasteiger partial charge on any atom is -0.338 e. The summed E-state index contributed by atoms with van der Waals surface area (Å²) in [4.78, 5) is 4.17. The molecule has 0 saturated heterocycles. The van der Waals surface area contributed by atoms with Gasteiger partial charge in [-0.05, 0) is 53.4 Å². The molecule has 4 nitrogen and oxygen atoms in total. The second-order valence-electron chi connectivity index (χ2n) is 4.81. The van der Waals surface area contributed by atoms with E-state index in [4.69, 9.17) is 4.52 Å². The van der Waals surface area contributed by atoms with E-state index in [0.717, 1.165) is 18.5 Å². The largest absolute Gasteiger partial charge is 0.338 e. The van der Waals surface area contributed by atoms with Crippen molar-refractivity contribution in [2.75, 3.05) is 6.54 Å². The molecule has 1 aliphatic carbocycles. The molecule has 0 bridgehead atoms. The molecule has 20 heavy (non-hydrogen) atoms. The lowest BCUT2D eigenvalue weighted by Crippen LogP contribution is -2.16. The number of rotatable bonds is 5. The van der Waals surface area contributed by atoms with Gasteiger partial charge in [-0.1, -0.05) is 5.16 Å². The summed E-state index contributed by atoms with van der Waals surface area (Å²) in [5, 5.41) is 7.01.